The zero-order valence-electron chi connectivity index (χ0n) is 9.61. The summed E-state index contributed by atoms with van der Waals surface area (Å²) >= 11 is 0. The van der Waals surface area contributed by atoms with Gasteiger partial charge < -0.3 is 11.1 Å². The minimum Gasteiger partial charge on any atom is -0.356 e. The van der Waals surface area contributed by atoms with Crippen LogP contribution in [0.1, 0.15) is 19.8 Å². The van der Waals surface area contributed by atoms with Crippen molar-refractivity contribution in [2.24, 2.45) is 17.6 Å². The summed E-state index contributed by atoms with van der Waals surface area (Å²) in [4.78, 5) is 11.5. The standard InChI is InChI=1S/C10H20N2O3S/c1-8(2-4-11)10(13)12-6-9-3-5-16(14,15)7-9/h8-9H,2-7,11H2,1H3,(H,12,13). The van der Waals surface area contributed by atoms with Crippen LogP contribution in [0.4, 0.5) is 0 Å². The number of carbonyl (C=O) groups excluding carboxylic acids is 1. The van der Waals surface area contributed by atoms with E-state index in [-0.39, 0.29) is 29.2 Å². The third-order valence-corrected chi connectivity index (χ3v) is 4.78. The highest BCUT2D eigenvalue weighted by Crippen LogP contribution is 2.17. The molecule has 5 nitrogen and oxygen atoms in total. The number of rotatable bonds is 5. The van der Waals surface area contributed by atoms with Crippen LogP contribution < -0.4 is 11.1 Å². The largest absolute Gasteiger partial charge is 0.356 e. The number of sulfone groups is 1. The van der Waals surface area contributed by atoms with Gasteiger partial charge in [0.2, 0.25) is 5.91 Å². The molecule has 0 aliphatic carbocycles. The number of amides is 1. The van der Waals surface area contributed by atoms with Crippen molar-refractivity contribution in [3.63, 3.8) is 0 Å². The van der Waals surface area contributed by atoms with Crippen LogP contribution in [0.3, 0.4) is 0 Å². The number of hydrogen-bond acceptors (Lipinski definition) is 4. The Morgan fingerprint density at radius 3 is 2.75 bits per heavy atom. The summed E-state index contributed by atoms with van der Waals surface area (Å²) in [6.07, 6.45) is 1.32. The third-order valence-electron chi connectivity index (χ3n) is 2.94. The molecule has 0 radical (unpaired) electrons. The summed E-state index contributed by atoms with van der Waals surface area (Å²) in [5.41, 5.74) is 5.36. The van der Waals surface area contributed by atoms with Gasteiger partial charge in [-0.2, -0.15) is 0 Å². The van der Waals surface area contributed by atoms with Crippen molar-refractivity contribution in [3.8, 4) is 0 Å². The summed E-state index contributed by atoms with van der Waals surface area (Å²) < 4.78 is 22.4. The van der Waals surface area contributed by atoms with E-state index in [9.17, 15) is 13.2 Å². The predicted molar refractivity (Wildman–Crippen MR) is 62.6 cm³/mol. The van der Waals surface area contributed by atoms with Gasteiger partial charge >= 0.3 is 0 Å². The lowest BCUT2D eigenvalue weighted by Crippen LogP contribution is -2.34. The maximum absolute atomic E-state index is 11.5. The van der Waals surface area contributed by atoms with E-state index in [2.05, 4.69) is 5.32 Å². The molecule has 0 bridgehead atoms. The maximum Gasteiger partial charge on any atom is 0.222 e. The Morgan fingerprint density at radius 1 is 1.56 bits per heavy atom. The van der Waals surface area contributed by atoms with Crippen molar-refractivity contribution < 1.29 is 13.2 Å². The van der Waals surface area contributed by atoms with Gasteiger partial charge in [-0.1, -0.05) is 6.92 Å². The van der Waals surface area contributed by atoms with Crippen molar-refractivity contribution in [2.75, 3.05) is 24.6 Å². The summed E-state index contributed by atoms with van der Waals surface area (Å²) in [6, 6.07) is 0. The van der Waals surface area contributed by atoms with E-state index in [0.29, 0.717) is 25.9 Å². The van der Waals surface area contributed by atoms with Crippen LogP contribution in [0.15, 0.2) is 0 Å². The van der Waals surface area contributed by atoms with Crippen molar-refractivity contribution >= 4 is 15.7 Å². The predicted octanol–water partition coefficient (Wildman–Crippen LogP) is -0.478. The van der Waals surface area contributed by atoms with E-state index >= 15 is 0 Å². The second-order valence-electron chi connectivity index (χ2n) is 4.49. The molecule has 0 spiro atoms. The van der Waals surface area contributed by atoms with Crippen molar-refractivity contribution in [2.45, 2.75) is 19.8 Å². The molecule has 2 unspecified atom stereocenters. The first kappa shape index (κ1) is 13.4. The molecule has 2 atom stereocenters. The molecular weight excluding hydrogens is 228 g/mol. The Bertz CT molecular complexity index is 340. The SMILES string of the molecule is CC(CCN)C(=O)NCC1CCS(=O)(=O)C1. The first-order chi connectivity index (χ1) is 7.44. The van der Waals surface area contributed by atoms with Crippen LogP contribution in [0.2, 0.25) is 0 Å². The molecule has 0 aromatic carbocycles. The highest BCUT2D eigenvalue weighted by atomic mass is 32.2. The van der Waals surface area contributed by atoms with E-state index in [1.54, 1.807) is 0 Å². The molecule has 6 heteroatoms. The Balaban J connectivity index is 2.28. The number of nitrogens with two attached hydrogens (primary N) is 1. The normalized spacial score (nSPS) is 25.2. The fourth-order valence-electron chi connectivity index (χ4n) is 1.83. The number of hydrogen-bond donors (Lipinski definition) is 2. The quantitative estimate of drug-likeness (QED) is 0.688. The molecule has 1 fully saturated rings. The molecule has 0 aromatic heterocycles. The van der Waals surface area contributed by atoms with Gasteiger partial charge in [0.15, 0.2) is 9.84 Å². The van der Waals surface area contributed by atoms with Gasteiger partial charge in [0, 0.05) is 12.5 Å². The van der Waals surface area contributed by atoms with Crippen LogP contribution in [0.5, 0.6) is 0 Å². The zero-order chi connectivity index (χ0) is 12.2. The molecule has 94 valence electrons. The summed E-state index contributed by atoms with van der Waals surface area (Å²) in [5.74, 6) is 0.418. The molecular formula is C10H20N2O3S. The van der Waals surface area contributed by atoms with Gasteiger partial charge in [0.1, 0.15) is 0 Å². The second kappa shape index (κ2) is 5.63. The van der Waals surface area contributed by atoms with Crippen molar-refractivity contribution in [3.05, 3.63) is 0 Å². The zero-order valence-corrected chi connectivity index (χ0v) is 10.4. The van der Waals surface area contributed by atoms with Gasteiger partial charge in [-0.15, -0.1) is 0 Å². The summed E-state index contributed by atoms with van der Waals surface area (Å²) in [6.45, 7) is 2.78. The first-order valence-corrected chi connectivity index (χ1v) is 7.45. The minimum absolute atomic E-state index is 0.0326. The molecule has 1 aliphatic heterocycles. The van der Waals surface area contributed by atoms with Crippen LogP contribution in [-0.2, 0) is 14.6 Å². The Morgan fingerprint density at radius 2 is 2.25 bits per heavy atom. The van der Waals surface area contributed by atoms with Crippen LogP contribution in [0.25, 0.3) is 0 Å². The van der Waals surface area contributed by atoms with E-state index < -0.39 is 9.84 Å². The van der Waals surface area contributed by atoms with Crippen LogP contribution in [0, 0.1) is 11.8 Å². The molecule has 1 saturated heterocycles. The van der Waals surface area contributed by atoms with Crippen molar-refractivity contribution in [1.82, 2.24) is 5.32 Å². The Labute approximate surface area is 96.7 Å². The molecule has 1 heterocycles. The van der Waals surface area contributed by atoms with Crippen LogP contribution >= 0.6 is 0 Å². The summed E-state index contributed by atoms with van der Waals surface area (Å²) in [7, 11) is -2.85. The molecule has 1 aliphatic rings. The fourth-order valence-corrected chi connectivity index (χ4v) is 3.70. The number of carbonyl (C=O) groups is 1. The molecule has 3 N–H and O–H groups in total. The second-order valence-corrected chi connectivity index (χ2v) is 6.72. The smallest absolute Gasteiger partial charge is 0.222 e. The average Bonchev–Trinajstić information content (AvgIpc) is 2.55. The van der Waals surface area contributed by atoms with Crippen molar-refractivity contribution in [1.29, 1.82) is 0 Å². The number of nitrogens with one attached hydrogen (secondary N) is 1. The Kier molecular flexibility index (Phi) is 4.73. The maximum atomic E-state index is 11.5. The van der Waals surface area contributed by atoms with Gasteiger partial charge in [0.05, 0.1) is 11.5 Å². The molecule has 0 saturated carbocycles. The topological polar surface area (TPSA) is 89.3 Å². The third kappa shape index (κ3) is 4.09. The van der Waals surface area contributed by atoms with Gasteiger partial charge in [-0.3, -0.25) is 4.79 Å². The molecule has 16 heavy (non-hydrogen) atoms. The minimum atomic E-state index is -2.85. The van der Waals surface area contributed by atoms with E-state index in [1.165, 1.54) is 0 Å². The lowest BCUT2D eigenvalue weighted by molar-refractivity contribution is -0.124. The highest BCUT2D eigenvalue weighted by Gasteiger charge is 2.28. The van der Waals surface area contributed by atoms with Gasteiger partial charge in [-0.25, -0.2) is 8.42 Å². The van der Waals surface area contributed by atoms with E-state index in [0.717, 1.165) is 0 Å². The molecule has 1 rings (SSSR count). The monoisotopic (exact) mass is 248 g/mol. The van der Waals surface area contributed by atoms with E-state index in [1.807, 2.05) is 6.92 Å². The first-order valence-electron chi connectivity index (χ1n) is 5.63. The van der Waals surface area contributed by atoms with Gasteiger partial charge in [-0.05, 0) is 25.3 Å². The lowest BCUT2D eigenvalue weighted by atomic mass is 10.1. The summed E-state index contributed by atoms with van der Waals surface area (Å²) in [5, 5.41) is 2.79. The fraction of sp³-hybridized carbons (Fsp3) is 0.900. The average molecular weight is 248 g/mol. The van der Waals surface area contributed by atoms with E-state index in [4.69, 9.17) is 5.73 Å². The van der Waals surface area contributed by atoms with Crippen LogP contribution in [-0.4, -0.2) is 38.9 Å². The van der Waals surface area contributed by atoms with Gasteiger partial charge in [0.25, 0.3) is 0 Å². The lowest BCUT2D eigenvalue weighted by Gasteiger charge is -2.13. The highest BCUT2D eigenvalue weighted by molar-refractivity contribution is 7.91. The molecule has 1 amide bonds. The molecule has 0 aromatic rings. The Hall–Kier alpha value is -0.620.